The first-order chi connectivity index (χ1) is 21.6. The van der Waals surface area contributed by atoms with Crippen LogP contribution in [0.15, 0.2) is 110 Å². The number of carbonyl (C=O) groups is 2. The van der Waals surface area contributed by atoms with Crippen molar-refractivity contribution in [3.05, 3.63) is 144 Å². The van der Waals surface area contributed by atoms with Gasteiger partial charge >= 0.3 is 5.97 Å². The summed E-state index contributed by atoms with van der Waals surface area (Å²) < 4.78 is 8.05. The Kier molecular flexibility index (Phi) is 7.95. The molecule has 8 nitrogen and oxygen atoms in total. The zero-order chi connectivity index (χ0) is 31.8. The number of furan rings is 1. The van der Waals surface area contributed by atoms with Crippen LogP contribution in [0.1, 0.15) is 65.5 Å². The molecule has 0 unspecified atom stereocenters. The highest BCUT2D eigenvalue weighted by Gasteiger charge is 2.32. The van der Waals surface area contributed by atoms with E-state index in [9.17, 15) is 19.5 Å². The van der Waals surface area contributed by atoms with Gasteiger partial charge in [0.2, 0.25) is 0 Å². The fourth-order valence-corrected chi connectivity index (χ4v) is 6.58. The third kappa shape index (κ3) is 5.70. The molecule has 3 heterocycles. The van der Waals surface area contributed by atoms with Gasteiger partial charge in [0.05, 0.1) is 27.4 Å². The Morgan fingerprint density at radius 1 is 0.978 bits per heavy atom. The SMILES string of the molecule is CC1=C(C(=O)Nc2ccccc2)[C@H](c2ccc(C(C)C)cc2)n2c(s/c(=C\c3ccc(-c4cccc(C(=O)O)c4C)o3)c2=O)=N1. The molecule has 226 valence electrons. The molecule has 0 spiro atoms. The molecule has 0 radical (unpaired) electrons. The maximum Gasteiger partial charge on any atom is 0.335 e. The first-order valence-electron chi connectivity index (χ1n) is 14.5. The van der Waals surface area contributed by atoms with Gasteiger partial charge in [-0.05, 0) is 66.8 Å². The fourth-order valence-electron chi connectivity index (χ4n) is 5.55. The molecule has 3 aromatic carbocycles. The van der Waals surface area contributed by atoms with Crippen LogP contribution in [0.25, 0.3) is 17.4 Å². The number of allylic oxidation sites excluding steroid dienone is 1. The molecule has 1 atom stereocenters. The molecular formula is C36H31N3O5S. The molecule has 1 aliphatic rings. The van der Waals surface area contributed by atoms with E-state index in [1.807, 2.05) is 54.6 Å². The molecule has 0 fully saturated rings. The molecule has 45 heavy (non-hydrogen) atoms. The second-order valence-corrected chi connectivity index (χ2v) is 12.2. The summed E-state index contributed by atoms with van der Waals surface area (Å²) in [6, 6.07) is 25.0. The number of para-hydroxylation sites is 1. The smallest absolute Gasteiger partial charge is 0.335 e. The predicted molar refractivity (Wildman–Crippen MR) is 175 cm³/mol. The highest BCUT2D eigenvalue weighted by Crippen LogP contribution is 2.32. The molecule has 6 rings (SSSR count). The van der Waals surface area contributed by atoms with Crippen LogP contribution < -0.4 is 20.2 Å². The number of rotatable bonds is 7. The van der Waals surface area contributed by atoms with E-state index in [2.05, 4.69) is 19.2 Å². The van der Waals surface area contributed by atoms with Crippen LogP contribution in [0.2, 0.25) is 0 Å². The number of amides is 1. The van der Waals surface area contributed by atoms with Gasteiger partial charge in [-0.3, -0.25) is 14.2 Å². The Bertz CT molecular complexity index is 2150. The number of fused-ring (bicyclic) bond motifs is 1. The van der Waals surface area contributed by atoms with E-state index in [0.717, 1.165) is 11.1 Å². The summed E-state index contributed by atoms with van der Waals surface area (Å²) in [4.78, 5) is 44.7. The Hall–Kier alpha value is -5.28. The quantitative estimate of drug-likeness (QED) is 0.224. The van der Waals surface area contributed by atoms with Crippen LogP contribution in [0, 0.1) is 6.92 Å². The van der Waals surface area contributed by atoms with Crippen LogP contribution in [0.5, 0.6) is 0 Å². The van der Waals surface area contributed by atoms with Crippen LogP contribution in [-0.4, -0.2) is 21.6 Å². The number of carboxylic acid groups (broad SMARTS) is 1. The number of aromatic nitrogens is 1. The van der Waals surface area contributed by atoms with Gasteiger partial charge in [0.25, 0.3) is 11.5 Å². The van der Waals surface area contributed by atoms with Crippen molar-refractivity contribution in [2.45, 2.75) is 39.7 Å². The minimum atomic E-state index is -1.01. The van der Waals surface area contributed by atoms with Gasteiger partial charge in [0, 0.05) is 17.3 Å². The monoisotopic (exact) mass is 617 g/mol. The van der Waals surface area contributed by atoms with Gasteiger partial charge in [-0.25, -0.2) is 9.79 Å². The average molecular weight is 618 g/mol. The highest BCUT2D eigenvalue weighted by atomic mass is 32.1. The third-order valence-corrected chi connectivity index (χ3v) is 8.93. The molecule has 0 bridgehead atoms. The summed E-state index contributed by atoms with van der Waals surface area (Å²) in [5.41, 5.74) is 4.67. The van der Waals surface area contributed by atoms with Crippen molar-refractivity contribution in [1.82, 2.24) is 4.57 Å². The van der Waals surface area contributed by atoms with Crippen molar-refractivity contribution >= 4 is 35.0 Å². The van der Waals surface area contributed by atoms with E-state index in [0.29, 0.717) is 54.9 Å². The third-order valence-electron chi connectivity index (χ3n) is 7.95. The number of nitrogens with one attached hydrogen (secondary N) is 1. The van der Waals surface area contributed by atoms with Crippen molar-refractivity contribution in [1.29, 1.82) is 0 Å². The lowest BCUT2D eigenvalue weighted by Crippen LogP contribution is -2.40. The van der Waals surface area contributed by atoms with Gasteiger partial charge < -0.3 is 14.8 Å². The van der Waals surface area contributed by atoms with Crippen molar-refractivity contribution < 1.29 is 19.1 Å². The van der Waals surface area contributed by atoms with Crippen LogP contribution in [0.4, 0.5) is 5.69 Å². The number of hydrogen-bond acceptors (Lipinski definition) is 6. The minimum Gasteiger partial charge on any atom is -0.478 e. The van der Waals surface area contributed by atoms with Crippen molar-refractivity contribution in [3.63, 3.8) is 0 Å². The van der Waals surface area contributed by atoms with E-state index in [1.165, 1.54) is 11.3 Å². The molecule has 0 saturated heterocycles. The number of carbonyl (C=O) groups excluding carboxylic acids is 1. The molecule has 2 N–H and O–H groups in total. The Balaban J connectivity index is 1.45. The second-order valence-electron chi connectivity index (χ2n) is 11.2. The molecule has 1 aliphatic heterocycles. The summed E-state index contributed by atoms with van der Waals surface area (Å²) in [6.45, 7) is 7.76. The number of anilines is 1. The van der Waals surface area contributed by atoms with E-state index in [4.69, 9.17) is 9.41 Å². The summed E-state index contributed by atoms with van der Waals surface area (Å²) in [7, 11) is 0. The lowest BCUT2D eigenvalue weighted by Gasteiger charge is -2.25. The summed E-state index contributed by atoms with van der Waals surface area (Å²) in [6.07, 6.45) is 1.66. The van der Waals surface area contributed by atoms with Gasteiger partial charge in [0.1, 0.15) is 11.5 Å². The average Bonchev–Trinajstić information content (AvgIpc) is 3.60. The van der Waals surface area contributed by atoms with E-state index >= 15 is 0 Å². The van der Waals surface area contributed by atoms with E-state index < -0.39 is 12.0 Å². The predicted octanol–water partition coefficient (Wildman–Crippen LogP) is 6.26. The molecule has 0 aliphatic carbocycles. The number of carboxylic acids is 1. The first-order valence-corrected chi connectivity index (χ1v) is 15.4. The maximum absolute atomic E-state index is 14.1. The lowest BCUT2D eigenvalue weighted by molar-refractivity contribution is -0.113. The Morgan fingerprint density at radius 2 is 1.71 bits per heavy atom. The van der Waals surface area contributed by atoms with Gasteiger partial charge in [-0.1, -0.05) is 79.8 Å². The zero-order valence-corrected chi connectivity index (χ0v) is 26.0. The van der Waals surface area contributed by atoms with Crippen molar-refractivity contribution in [2.75, 3.05) is 5.32 Å². The van der Waals surface area contributed by atoms with Gasteiger partial charge in [-0.15, -0.1) is 0 Å². The highest BCUT2D eigenvalue weighted by molar-refractivity contribution is 7.07. The zero-order valence-electron chi connectivity index (χ0n) is 25.2. The number of aromatic carboxylic acids is 1. The van der Waals surface area contributed by atoms with Crippen molar-refractivity contribution in [3.8, 4) is 11.3 Å². The first kappa shape index (κ1) is 29.8. The number of hydrogen-bond donors (Lipinski definition) is 2. The number of nitrogens with zero attached hydrogens (tertiary/aromatic N) is 2. The number of thiazole rings is 1. The molecule has 1 amide bonds. The Morgan fingerprint density at radius 3 is 2.40 bits per heavy atom. The van der Waals surface area contributed by atoms with Crippen molar-refractivity contribution in [2.24, 2.45) is 4.99 Å². The summed E-state index contributed by atoms with van der Waals surface area (Å²) in [5, 5.41) is 12.5. The molecule has 9 heteroatoms. The largest absolute Gasteiger partial charge is 0.478 e. The summed E-state index contributed by atoms with van der Waals surface area (Å²) >= 11 is 1.22. The van der Waals surface area contributed by atoms with Crippen LogP contribution in [0.3, 0.4) is 0 Å². The topological polar surface area (TPSA) is 114 Å². The summed E-state index contributed by atoms with van der Waals surface area (Å²) in [5.74, 6) is -0.0840. The van der Waals surface area contributed by atoms with Gasteiger partial charge in [0.15, 0.2) is 4.80 Å². The molecule has 0 saturated carbocycles. The normalized spacial score (nSPS) is 14.8. The van der Waals surface area contributed by atoms with Gasteiger partial charge in [-0.2, -0.15) is 0 Å². The number of benzene rings is 3. The second kappa shape index (κ2) is 12.0. The van der Waals surface area contributed by atoms with Crippen LogP contribution >= 0.6 is 11.3 Å². The van der Waals surface area contributed by atoms with E-state index in [1.54, 1.807) is 54.8 Å². The minimum absolute atomic E-state index is 0.197. The Labute approximate surface area is 263 Å². The molecular weight excluding hydrogens is 586 g/mol. The lowest BCUT2D eigenvalue weighted by atomic mass is 9.93. The maximum atomic E-state index is 14.1. The van der Waals surface area contributed by atoms with Crippen LogP contribution in [-0.2, 0) is 4.79 Å². The molecule has 2 aromatic heterocycles. The molecule has 5 aromatic rings. The van der Waals surface area contributed by atoms with E-state index in [-0.39, 0.29) is 17.0 Å². The standard InChI is InChI=1S/C36H31N3O5S/c1-20(2)23-13-15-24(16-14-23)32-31(33(40)38-25-9-6-5-7-10-25)22(4)37-36-39(32)34(41)30(45-36)19-26-17-18-29(44-26)27-11-8-12-28(21(27)3)35(42)43/h5-20,32H,1-4H3,(H,38,40)(H,42,43)/b30-19-/t32-/m0/s1. The fraction of sp³-hybridized carbons (Fsp3) is 0.167.